The summed E-state index contributed by atoms with van der Waals surface area (Å²) in [6, 6.07) is 27.6. The predicted molar refractivity (Wildman–Crippen MR) is 219 cm³/mol. The zero-order valence-electron chi connectivity index (χ0n) is 32.4. The SMILES string of the molecule is C=C1C[n+]2ccc(C(C)C)cc2CC(/C=C\CC)(N=C(C)/C=C\C)CCC2c3ccccc3-c3cc(Cc4ccccc4)c([Si](C)(C)C)c[n+]3C12. The lowest BCUT2D eigenvalue weighted by molar-refractivity contribution is -0.728. The molecule has 51 heavy (non-hydrogen) atoms. The second-order valence-electron chi connectivity index (χ2n) is 16.3. The molecule has 0 amide bonds. The van der Waals surface area contributed by atoms with Gasteiger partial charge in [-0.15, -0.1) is 0 Å². The van der Waals surface area contributed by atoms with E-state index in [-0.39, 0.29) is 17.5 Å². The van der Waals surface area contributed by atoms with Gasteiger partial charge in [0.05, 0.1) is 31.5 Å². The Balaban J connectivity index is 1.59. The van der Waals surface area contributed by atoms with Crippen LogP contribution in [0.1, 0.15) is 99.7 Å². The van der Waals surface area contributed by atoms with Crippen molar-refractivity contribution < 1.29 is 9.13 Å². The average Bonchev–Trinajstić information content (AvgIpc) is 3.10. The maximum absolute atomic E-state index is 5.60. The molecule has 0 fully saturated rings. The monoisotopic (exact) mass is 693 g/mol. The minimum Gasteiger partial charge on any atom is -0.279 e. The molecule has 0 N–H and O–H groups in total. The van der Waals surface area contributed by atoms with Crippen molar-refractivity contribution in [2.45, 2.75) is 116 Å². The lowest BCUT2D eigenvalue weighted by Gasteiger charge is -2.36. The van der Waals surface area contributed by atoms with Gasteiger partial charge in [0.2, 0.25) is 5.69 Å². The van der Waals surface area contributed by atoms with Crippen molar-refractivity contribution in [1.82, 2.24) is 0 Å². The summed E-state index contributed by atoms with van der Waals surface area (Å²) in [7, 11) is -1.73. The Morgan fingerprint density at radius 1 is 1.04 bits per heavy atom. The van der Waals surface area contributed by atoms with Gasteiger partial charge in [-0.05, 0) is 79.8 Å². The summed E-state index contributed by atoms with van der Waals surface area (Å²) in [5.41, 5.74) is 11.7. The number of hydrogen-bond acceptors (Lipinski definition) is 1. The first kappa shape index (κ1) is 36.6. The van der Waals surface area contributed by atoms with Gasteiger partial charge >= 0.3 is 0 Å². The Bertz CT molecular complexity index is 1980. The molecule has 3 unspecified atom stereocenters. The van der Waals surface area contributed by atoms with Crippen molar-refractivity contribution >= 4 is 19.0 Å². The Kier molecular flexibility index (Phi) is 10.9. The van der Waals surface area contributed by atoms with Gasteiger partial charge in [0.1, 0.15) is 0 Å². The summed E-state index contributed by atoms with van der Waals surface area (Å²) in [4.78, 5) is 5.60. The maximum atomic E-state index is 5.60. The molecular formula is C47H59N3Si+2. The molecule has 0 aliphatic carbocycles. The molecule has 264 valence electrons. The number of nitrogens with zero attached hydrogens (tertiary/aromatic N) is 3. The van der Waals surface area contributed by atoms with Gasteiger partial charge in [-0.1, -0.05) is 114 Å². The van der Waals surface area contributed by atoms with Crippen LogP contribution in [0, 0.1) is 0 Å². The van der Waals surface area contributed by atoms with Crippen LogP contribution in [0.4, 0.5) is 0 Å². The zero-order valence-corrected chi connectivity index (χ0v) is 33.4. The number of hydrogen-bond donors (Lipinski definition) is 0. The van der Waals surface area contributed by atoms with Gasteiger partial charge < -0.3 is 0 Å². The third kappa shape index (κ3) is 7.87. The fourth-order valence-corrected chi connectivity index (χ4v) is 10.2. The molecule has 4 aromatic rings. The van der Waals surface area contributed by atoms with Gasteiger partial charge in [0, 0.05) is 34.7 Å². The van der Waals surface area contributed by atoms with E-state index < -0.39 is 8.07 Å². The van der Waals surface area contributed by atoms with Crippen molar-refractivity contribution in [3.63, 3.8) is 0 Å². The topological polar surface area (TPSA) is 20.1 Å². The van der Waals surface area contributed by atoms with Crippen LogP contribution in [-0.2, 0) is 19.4 Å². The second kappa shape index (κ2) is 15.2. The van der Waals surface area contributed by atoms with Crippen LogP contribution in [-0.4, -0.2) is 19.3 Å². The van der Waals surface area contributed by atoms with E-state index in [1.807, 2.05) is 0 Å². The molecule has 6 rings (SSSR count). The number of fused-ring (bicyclic) bond motifs is 7. The Morgan fingerprint density at radius 2 is 1.78 bits per heavy atom. The summed E-state index contributed by atoms with van der Waals surface area (Å²) in [6.45, 7) is 24.3. The molecule has 0 saturated carbocycles. The standard InChI is InChI=1S/C47H59N3Si/c1-10-12-25-47(48-36(6)18-11-2)26-23-43-41-21-16-17-22-42(41)44-30-39(28-37-19-14-13-15-20-37)45(51(7,8)9)33-50(44)46(43)35(5)32-49-27-24-38(34(3)4)29-40(49)31-47/h11-22,24-25,27,29-30,33-34,43,46H,5,10,23,26,28,31-32H2,1-4,6-9H3/q+2/b18-11-,25-12-,48-36?. The molecule has 4 heterocycles. The molecule has 3 nitrogen and oxygen atoms in total. The van der Waals surface area contributed by atoms with Crippen molar-refractivity contribution in [3.05, 3.63) is 150 Å². The highest BCUT2D eigenvalue weighted by Crippen LogP contribution is 2.45. The van der Waals surface area contributed by atoms with Gasteiger partial charge in [-0.3, -0.25) is 4.99 Å². The molecule has 4 heteroatoms. The second-order valence-corrected chi connectivity index (χ2v) is 21.4. The molecule has 2 aromatic carbocycles. The third-order valence-corrected chi connectivity index (χ3v) is 13.1. The van der Waals surface area contributed by atoms with Gasteiger partial charge in [-0.25, -0.2) is 0 Å². The highest BCUT2D eigenvalue weighted by molar-refractivity contribution is 6.89. The fraction of sp³-hybridized carbons (Fsp3) is 0.383. The van der Waals surface area contributed by atoms with Gasteiger partial charge in [0.15, 0.2) is 30.7 Å². The van der Waals surface area contributed by atoms with Crippen LogP contribution < -0.4 is 14.3 Å². The van der Waals surface area contributed by atoms with E-state index in [0.717, 1.165) is 44.4 Å². The van der Waals surface area contributed by atoms with Crippen molar-refractivity contribution in [1.29, 1.82) is 0 Å². The molecule has 2 aliphatic heterocycles. The van der Waals surface area contributed by atoms with E-state index in [9.17, 15) is 0 Å². The van der Waals surface area contributed by atoms with E-state index >= 15 is 0 Å². The summed E-state index contributed by atoms with van der Waals surface area (Å²) in [5.74, 6) is 0.736. The van der Waals surface area contributed by atoms with Crippen LogP contribution in [0.25, 0.3) is 11.3 Å². The third-order valence-electron chi connectivity index (χ3n) is 11.0. The normalized spacial score (nSPS) is 21.0. The van der Waals surface area contributed by atoms with Crippen molar-refractivity contribution in [2.24, 2.45) is 4.99 Å². The smallest absolute Gasteiger partial charge is 0.213 e. The van der Waals surface area contributed by atoms with Crippen LogP contribution >= 0.6 is 0 Å². The number of allylic oxidation sites excluding steroid dienone is 4. The van der Waals surface area contributed by atoms with Crippen LogP contribution in [0.2, 0.25) is 19.6 Å². The molecule has 0 radical (unpaired) electrons. The number of aliphatic imine (C=N–C) groups is 1. The number of benzene rings is 2. The lowest BCUT2D eigenvalue weighted by atomic mass is 9.74. The molecule has 0 bridgehead atoms. The quantitative estimate of drug-likeness (QED) is 0.0758. The van der Waals surface area contributed by atoms with Gasteiger partial charge in [0.25, 0.3) is 0 Å². The first-order valence-electron chi connectivity index (χ1n) is 19.2. The number of pyridine rings is 2. The Labute approximate surface area is 309 Å². The van der Waals surface area contributed by atoms with Crippen LogP contribution in [0.3, 0.4) is 0 Å². The highest BCUT2D eigenvalue weighted by atomic mass is 28.3. The first-order chi connectivity index (χ1) is 24.4. The predicted octanol–water partition coefficient (Wildman–Crippen LogP) is 10.2. The maximum Gasteiger partial charge on any atom is 0.213 e. The number of rotatable bonds is 8. The van der Waals surface area contributed by atoms with Crippen molar-refractivity contribution in [3.8, 4) is 11.3 Å². The zero-order chi connectivity index (χ0) is 36.3. The number of aromatic nitrogens is 2. The van der Waals surface area contributed by atoms with Crippen LogP contribution in [0.5, 0.6) is 0 Å². The first-order valence-corrected chi connectivity index (χ1v) is 22.7. The summed E-state index contributed by atoms with van der Waals surface area (Å²) in [6.07, 6.45) is 18.7. The van der Waals surface area contributed by atoms with E-state index in [2.05, 4.69) is 173 Å². The van der Waals surface area contributed by atoms with Gasteiger partial charge in [-0.2, -0.15) is 9.13 Å². The van der Waals surface area contributed by atoms with E-state index in [0.29, 0.717) is 5.92 Å². The summed E-state index contributed by atoms with van der Waals surface area (Å²) in [5, 5.41) is 1.54. The van der Waals surface area contributed by atoms with Crippen molar-refractivity contribution in [2.75, 3.05) is 0 Å². The molecule has 2 aliphatic rings. The minimum absolute atomic E-state index is 0.132. The molecular weight excluding hydrogens is 635 g/mol. The fourth-order valence-electron chi connectivity index (χ4n) is 8.53. The average molecular weight is 694 g/mol. The summed E-state index contributed by atoms with van der Waals surface area (Å²) < 4.78 is 5.13. The lowest BCUT2D eigenvalue weighted by Crippen LogP contribution is -2.56. The molecule has 2 aromatic heterocycles. The Morgan fingerprint density at radius 3 is 2.49 bits per heavy atom. The summed E-state index contributed by atoms with van der Waals surface area (Å²) >= 11 is 0. The van der Waals surface area contributed by atoms with E-state index in [4.69, 9.17) is 11.6 Å². The Hall–Kier alpha value is -4.15. The largest absolute Gasteiger partial charge is 0.279 e. The molecule has 0 saturated heterocycles. The van der Waals surface area contributed by atoms with Crippen LogP contribution in [0.15, 0.2) is 127 Å². The minimum atomic E-state index is -1.73. The molecule has 0 spiro atoms. The highest BCUT2D eigenvalue weighted by Gasteiger charge is 2.46. The molecule has 3 atom stereocenters. The van der Waals surface area contributed by atoms with E-state index in [1.165, 1.54) is 44.8 Å². The van der Waals surface area contributed by atoms with E-state index in [1.54, 1.807) is 5.19 Å².